The number of nitrogens with one attached hydrogen (secondary N) is 2. The molecule has 440 valence electrons. The number of imidazole rings is 2. The number of benzene rings is 6. The molecule has 2 fully saturated rings. The van der Waals surface area contributed by atoms with Crippen molar-refractivity contribution >= 4 is 54.0 Å². The average Bonchev–Trinajstić information content (AvgIpc) is 4.44. The summed E-state index contributed by atoms with van der Waals surface area (Å²) in [5, 5.41) is 14.3. The summed E-state index contributed by atoms with van der Waals surface area (Å²) in [5.41, 5.74) is -3.71. The molecule has 2 amide bonds. The van der Waals surface area contributed by atoms with Gasteiger partial charge in [-0.05, 0) is 130 Å². The van der Waals surface area contributed by atoms with E-state index in [2.05, 4.69) is 107 Å². The van der Waals surface area contributed by atoms with Crippen molar-refractivity contribution in [3.05, 3.63) is 151 Å². The van der Waals surface area contributed by atoms with Crippen LogP contribution in [0.4, 0.5) is 35.9 Å². The van der Waals surface area contributed by atoms with E-state index >= 15 is 0 Å². The Kier molecular flexibility index (Phi) is 17.5. The zero-order chi connectivity index (χ0) is 60.5. The second-order valence-electron chi connectivity index (χ2n) is 21.7. The van der Waals surface area contributed by atoms with Gasteiger partial charge in [0, 0.05) is 24.2 Å². The monoisotopic (exact) mass is 1190 g/mol. The van der Waals surface area contributed by atoms with E-state index in [-0.39, 0.29) is 30.0 Å². The standard InChI is InChI=1S/C29H31N3O2.C28H29N3O3.C2F6O5S2/c1-19-11-13-20(14-12-19)21-15-16-24(23-9-6-5-8-22(21)23)25-18-30-27(31-25)26-10-7-17-32(26)28(33)34-29(2,3)4;1-28(2,3)34-27(33)31-16-6-9-25(31)26-29-17-24(30-26)23-15-14-20(18-10-12-19(32)13-11-18)21-7-4-5-8-22(21)23;3-1(4,5)14(9,10)13-15(11,12)2(6,7)8/h5-6,8-9,11-16,18,26H,7,10,17H2,1-4H3,(H,30,31);4-5,7-8,10-15,17,25,32H,6,9,16H2,1-3H3,(H,29,30);/t26-;25-;/m00./s1. The number of hydrogen-bond acceptors (Lipinski definition) is 12. The second-order valence-corrected chi connectivity index (χ2v) is 25.0. The summed E-state index contributed by atoms with van der Waals surface area (Å²) in [7, 11) is -13.7. The predicted molar refractivity (Wildman–Crippen MR) is 301 cm³/mol. The number of amides is 2. The van der Waals surface area contributed by atoms with E-state index in [1.54, 1.807) is 21.9 Å². The average molecular weight is 1190 g/mol. The number of phenols is 1. The fourth-order valence-corrected chi connectivity index (χ4v) is 11.2. The molecule has 24 heteroatoms. The molecule has 2 aliphatic heterocycles. The van der Waals surface area contributed by atoms with Crippen molar-refractivity contribution in [1.82, 2.24) is 29.7 Å². The highest BCUT2D eigenvalue weighted by Crippen LogP contribution is 2.40. The lowest BCUT2D eigenvalue weighted by atomic mass is 9.94. The molecule has 8 aromatic rings. The fourth-order valence-electron chi connectivity index (χ4n) is 9.61. The normalized spacial score (nSPS) is 16.1. The first-order chi connectivity index (χ1) is 38.8. The number of nitrogens with zero attached hydrogens (tertiary/aromatic N) is 4. The molecule has 0 bridgehead atoms. The molecule has 2 aromatic heterocycles. The maximum Gasteiger partial charge on any atom is 0.524 e. The molecule has 10 rings (SSSR count). The van der Waals surface area contributed by atoms with Gasteiger partial charge < -0.3 is 24.5 Å². The smallest absolute Gasteiger partial charge is 0.508 e. The van der Waals surface area contributed by atoms with Gasteiger partial charge in [0.25, 0.3) is 0 Å². The van der Waals surface area contributed by atoms with Gasteiger partial charge in [0.05, 0.1) is 35.9 Å². The zero-order valence-electron chi connectivity index (χ0n) is 46.1. The Bertz CT molecular complexity index is 3620. The Morgan fingerprint density at radius 1 is 0.530 bits per heavy atom. The Balaban J connectivity index is 0.000000176. The number of alkyl halides is 6. The second kappa shape index (κ2) is 23.7. The van der Waals surface area contributed by atoms with Gasteiger partial charge in [-0.15, -0.1) is 3.63 Å². The van der Waals surface area contributed by atoms with Crippen LogP contribution in [0.25, 0.3) is 66.3 Å². The summed E-state index contributed by atoms with van der Waals surface area (Å²) in [4.78, 5) is 45.4. The number of halogens is 6. The molecule has 2 saturated heterocycles. The number of carbonyl (C=O) groups is 2. The molecule has 0 saturated carbocycles. The number of rotatable bonds is 8. The summed E-state index contributed by atoms with van der Waals surface area (Å²) < 4.78 is 121. The van der Waals surface area contributed by atoms with E-state index < -0.39 is 42.5 Å². The molecule has 2 atom stereocenters. The number of fused-ring (bicyclic) bond motifs is 2. The molecule has 16 nitrogen and oxygen atoms in total. The number of ether oxygens (including phenoxy) is 2. The van der Waals surface area contributed by atoms with Crippen LogP contribution < -0.4 is 0 Å². The van der Waals surface area contributed by atoms with E-state index in [0.717, 1.165) is 81.7 Å². The van der Waals surface area contributed by atoms with Gasteiger partial charge in [-0.1, -0.05) is 115 Å². The van der Waals surface area contributed by atoms with E-state index in [1.807, 2.05) is 81.8 Å². The first-order valence-electron chi connectivity index (χ1n) is 26.1. The van der Waals surface area contributed by atoms with Crippen LogP contribution in [0.5, 0.6) is 5.75 Å². The van der Waals surface area contributed by atoms with Crippen molar-refractivity contribution in [3.63, 3.8) is 0 Å². The van der Waals surface area contributed by atoms with E-state index in [0.29, 0.717) is 13.1 Å². The number of aromatic amines is 2. The van der Waals surface area contributed by atoms with E-state index in [4.69, 9.17) is 14.5 Å². The molecule has 0 spiro atoms. The van der Waals surface area contributed by atoms with Crippen LogP contribution in [0, 0.1) is 6.92 Å². The van der Waals surface area contributed by atoms with Crippen molar-refractivity contribution in [3.8, 4) is 50.5 Å². The number of hydrogen-bond donors (Lipinski definition) is 3. The third-order valence-corrected chi connectivity index (χ3v) is 15.9. The van der Waals surface area contributed by atoms with Crippen molar-refractivity contribution in [1.29, 1.82) is 0 Å². The third kappa shape index (κ3) is 14.3. The SMILES string of the molecule is CC(C)(C)OC(=O)N1CCC[C@H]1c1ncc(-c2ccc(-c3ccc(O)cc3)c3ccccc23)[nH]1.Cc1ccc(-c2ccc(-c3cnc([C@@H]4CCCN4C(=O)OC(C)(C)C)[nH]3)c3ccccc23)cc1.O=S(=O)(OS(=O)(=O)C(F)(F)F)C(F)(F)F. The van der Waals surface area contributed by atoms with Crippen molar-refractivity contribution < 1.29 is 71.0 Å². The molecule has 3 N–H and O–H groups in total. The quantitative estimate of drug-likeness (QED) is 0.0957. The first kappa shape index (κ1) is 61.1. The highest BCUT2D eigenvalue weighted by atomic mass is 32.3. The van der Waals surface area contributed by atoms with Gasteiger partial charge in [-0.2, -0.15) is 43.2 Å². The van der Waals surface area contributed by atoms with Crippen LogP contribution in [0.15, 0.2) is 134 Å². The molecule has 0 radical (unpaired) electrons. The minimum Gasteiger partial charge on any atom is -0.508 e. The summed E-state index contributed by atoms with van der Waals surface area (Å²) >= 11 is 0. The van der Waals surface area contributed by atoms with Gasteiger partial charge in [0.2, 0.25) is 0 Å². The molecule has 6 aromatic carbocycles. The Hall–Kier alpha value is -7.96. The van der Waals surface area contributed by atoms with Gasteiger partial charge in [-0.3, -0.25) is 9.80 Å². The number of carbonyl (C=O) groups excluding carboxylic acids is 2. The Morgan fingerprint density at radius 2 is 0.867 bits per heavy atom. The lowest BCUT2D eigenvalue weighted by Gasteiger charge is -2.27. The van der Waals surface area contributed by atoms with Gasteiger partial charge in [0.15, 0.2) is 0 Å². The van der Waals surface area contributed by atoms with E-state index in [1.165, 1.54) is 27.5 Å². The van der Waals surface area contributed by atoms with Crippen LogP contribution in [-0.2, 0) is 33.3 Å². The Labute approximate surface area is 475 Å². The third-order valence-electron chi connectivity index (χ3n) is 13.3. The van der Waals surface area contributed by atoms with Crippen LogP contribution in [0.2, 0.25) is 0 Å². The van der Waals surface area contributed by atoms with Crippen molar-refractivity contribution in [2.45, 2.75) is 108 Å². The maximum absolute atomic E-state index is 12.8. The van der Waals surface area contributed by atoms with Gasteiger partial charge in [0.1, 0.15) is 28.6 Å². The molecule has 2 aliphatic rings. The van der Waals surface area contributed by atoms with Crippen LogP contribution >= 0.6 is 0 Å². The molecule has 0 unspecified atom stereocenters. The molecule has 0 aliphatic carbocycles. The molecule has 83 heavy (non-hydrogen) atoms. The van der Waals surface area contributed by atoms with Gasteiger partial charge >= 0.3 is 43.4 Å². The topological polar surface area (TPSA) is 214 Å². The van der Waals surface area contributed by atoms with Crippen LogP contribution in [0.1, 0.15) is 96.5 Å². The summed E-state index contributed by atoms with van der Waals surface area (Å²) in [6.07, 6.45) is 6.75. The number of phenolic OH excluding ortho intramolecular Hbond substituents is 1. The largest absolute Gasteiger partial charge is 0.524 e. The Morgan fingerprint density at radius 3 is 1.22 bits per heavy atom. The number of likely N-dealkylation sites (tertiary alicyclic amines) is 2. The lowest BCUT2D eigenvalue weighted by molar-refractivity contribution is -0.0586. The fraction of sp³-hybridized carbons (Fsp3) is 0.322. The first-order valence-corrected chi connectivity index (χ1v) is 29.0. The van der Waals surface area contributed by atoms with Gasteiger partial charge in [-0.25, -0.2) is 19.6 Å². The predicted octanol–water partition coefficient (Wildman–Crippen LogP) is 14.7. The summed E-state index contributed by atoms with van der Waals surface area (Å²) in [6, 6.07) is 41.0. The van der Waals surface area contributed by atoms with E-state index in [9.17, 15) is 57.9 Å². The van der Waals surface area contributed by atoms with Crippen LogP contribution in [-0.4, -0.2) is 99.2 Å². The number of H-pyrrole nitrogens is 2. The van der Waals surface area contributed by atoms with Crippen LogP contribution in [0.3, 0.4) is 0 Å². The highest BCUT2D eigenvalue weighted by molar-refractivity contribution is 8.00. The highest BCUT2D eigenvalue weighted by Gasteiger charge is 2.57. The van der Waals surface area contributed by atoms with Crippen molar-refractivity contribution in [2.75, 3.05) is 13.1 Å². The summed E-state index contributed by atoms with van der Waals surface area (Å²) in [5.74, 6) is 1.84. The lowest BCUT2D eigenvalue weighted by Crippen LogP contribution is -2.36. The number of aromatic nitrogens is 4. The number of aromatic hydroxyl groups is 1. The maximum atomic E-state index is 12.8. The zero-order valence-corrected chi connectivity index (χ0v) is 47.7. The van der Waals surface area contributed by atoms with Crippen molar-refractivity contribution in [2.24, 2.45) is 0 Å². The minimum atomic E-state index is -6.85. The molecular weight excluding hydrogens is 1130 g/mol. The summed E-state index contributed by atoms with van der Waals surface area (Å²) in [6.45, 7) is 14.8. The molecular formula is C59H60F6N6O10S2. The molecule has 4 heterocycles. The minimum absolute atomic E-state index is 0.0957. The number of aryl methyl sites for hydroxylation is 1.